The van der Waals surface area contributed by atoms with Crippen LogP contribution in [0.5, 0.6) is 0 Å². The summed E-state index contributed by atoms with van der Waals surface area (Å²) in [7, 11) is 0. The predicted molar refractivity (Wildman–Crippen MR) is 148 cm³/mol. The molecule has 3 aliphatic rings. The number of amides is 2. The van der Waals surface area contributed by atoms with Crippen LogP contribution in [0.4, 0.5) is 0 Å². The first-order valence-electron chi connectivity index (χ1n) is 13.9. The van der Waals surface area contributed by atoms with Gasteiger partial charge in [0.15, 0.2) is 11.6 Å². The van der Waals surface area contributed by atoms with Crippen LogP contribution in [0.15, 0.2) is 41.8 Å². The van der Waals surface area contributed by atoms with Crippen LogP contribution < -0.4 is 10.6 Å². The second-order valence-electron chi connectivity index (χ2n) is 11.3. The van der Waals surface area contributed by atoms with Gasteiger partial charge in [-0.2, -0.15) is 0 Å². The van der Waals surface area contributed by atoms with Gasteiger partial charge in [-0.1, -0.05) is 51.3 Å². The van der Waals surface area contributed by atoms with Gasteiger partial charge in [-0.3, -0.25) is 19.2 Å². The number of nitrogens with zero attached hydrogens (tertiary/aromatic N) is 1. The number of likely N-dealkylation sites (tertiary alicyclic amines) is 1. The molecule has 5 rings (SSSR count). The highest BCUT2D eigenvalue weighted by Gasteiger charge is 2.54. The van der Waals surface area contributed by atoms with E-state index in [1.807, 2.05) is 43.5 Å². The van der Waals surface area contributed by atoms with Crippen LogP contribution in [-0.2, 0) is 14.4 Å². The fourth-order valence-corrected chi connectivity index (χ4v) is 7.06. The van der Waals surface area contributed by atoms with Crippen molar-refractivity contribution in [2.45, 2.75) is 83.0 Å². The molecule has 1 aromatic carbocycles. The van der Waals surface area contributed by atoms with Crippen molar-refractivity contribution in [2.24, 2.45) is 11.8 Å². The molecule has 1 aliphatic carbocycles. The largest absolute Gasteiger partial charge is 0.340 e. The third-order valence-corrected chi connectivity index (χ3v) is 9.13. The Morgan fingerprint density at radius 3 is 2.47 bits per heavy atom. The monoisotopic (exact) mass is 535 g/mol. The van der Waals surface area contributed by atoms with Gasteiger partial charge in [0, 0.05) is 22.4 Å². The van der Waals surface area contributed by atoms with E-state index in [2.05, 4.69) is 10.6 Å². The average molecular weight is 536 g/mol. The quantitative estimate of drug-likeness (QED) is 0.528. The smallest absolute Gasteiger partial charge is 0.251 e. The Morgan fingerprint density at radius 2 is 1.82 bits per heavy atom. The predicted octanol–water partition coefficient (Wildman–Crippen LogP) is 4.22. The molecule has 1 aromatic heterocycles. The van der Waals surface area contributed by atoms with Crippen molar-refractivity contribution < 1.29 is 19.2 Å². The SMILES string of the molecule is CC(C)CC(NC(=O)c1ccc(-c2cccs2)cc1)C(=O)N1C(C(=O)C2CCCCC2)CC2NCC(=O)C21. The Morgan fingerprint density at radius 1 is 1.08 bits per heavy atom. The lowest BCUT2D eigenvalue weighted by atomic mass is 9.83. The summed E-state index contributed by atoms with van der Waals surface area (Å²) in [5, 5.41) is 8.19. The minimum atomic E-state index is -0.812. The lowest BCUT2D eigenvalue weighted by Crippen LogP contribution is -2.57. The number of benzene rings is 1. The highest BCUT2D eigenvalue weighted by atomic mass is 32.1. The molecule has 1 saturated carbocycles. The van der Waals surface area contributed by atoms with Gasteiger partial charge in [0.05, 0.1) is 12.6 Å². The van der Waals surface area contributed by atoms with E-state index in [-0.39, 0.29) is 47.8 Å². The van der Waals surface area contributed by atoms with E-state index in [9.17, 15) is 19.2 Å². The van der Waals surface area contributed by atoms with Crippen LogP contribution in [0.2, 0.25) is 0 Å². The van der Waals surface area contributed by atoms with Gasteiger partial charge in [0.25, 0.3) is 5.91 Å². The molecule has 2 aromatic rings. The Labute approximate surface area is 228 Å². The highest BCUT2D eigenvalue weighted by molar-refractivity contribution is 7.13. The molecule has 4 atom stereocenters. The molecule has 7 nitrogen and oxygen atoms in total. The summed E-state index contributed by atoms with van der Waals surface area (Å²) in [6, 6.07) is 9.11. The first-order valence-corrected chi connectivity index (χ1v) is 14.8. The molecule has 3 heterocycles. The van der Waals surface area contributed by atoms with E-state index < -0.39 is 18.1 Å². The van der Waals surface area contributed by atoms with Crippen LogP contribution >= 0.6 is 11.3 Å². The van der Waals surface area contributed by atoms with Gasteiger partial charge in [0.2, 0.25) is 5.91 Å². The molecule has 38 heavy (non-hydrogen) atoms. The number of hydrogen-bond acceptors (Lipinski definition) is 6. The third kappa shape index (κ3) is 5.47. The van der Waals surface area contributed by atoms with Gasteiger partial charge < -0.3 is 15.5 Å². The van der Waals surface area contributed by atoms with E-state index in [1.165, 1.54) is 0 Å². The van der Waals surface area contributed by atoms with Crippen molar-refractivity contribution in [2.75, 3.05) is 6.54 Å². The second-order valence-corrected chi connectivity index (χ2v) is 12.3. The summed E-state index contributed by atoms with van der Waals surface area (Å²) in [6.45, 7) is 4.21. The standard InChI is InChI=1S/C30H37N3O4S/c1-18(2)15-23(32-29(36)21-12-10-19(11-13-21)26-9-6-14-38-26)30(37)33-24(16-22-27(33)25(34)17-31-22)28(35)20-7-4-3-5-8-20/h6,9-14,18,20,22-24,27,31H,3-5,7-8,15-17H2,1-2H3,(H,32,36). The van der Waals surface area contributed by atoms with E-state index in [4.69, 9.17) is 0 Å². The molecular formula is C30H37N3O4S. The zero-order valence-electron chi connectivity index (χ0n) is 22.2. The minimum Gasteiger partial charge on any atom is -0.340 e. The van der Waals surface area contributed by atoms with E-state index in [0.717, 1.165) is 42.5 Å². The molecule has 2 aliphatic heterocycles. The lowest BCUT2D eigenvalue weighted by Gasteiger charge is -2.34. The summed E-state index contributed by atoms with van der Waals surface area (Å²) < 4.78 is 0. The summed E-state index contributed by atoms with van der Waals surface area (Å²) in [4.78, 5) is 56.6. The molecule has 0 bridgehead atoms. The number of fused-ring (bicyclic) bond motifs is 1. The second kappa shape index (κ2) is 11.5. The van der Waals surface area contributed by atoms with Crippen molar-refractivity contribution >= 4 is 34.7 Å². The number of nitrogens with one attached hydrogen (secondary N) is 2. The maximum absolute atomic E-state index is 14.1. The van der Waals surface area contributed by atoms with Gasteiger partial charge in [-0.25, -0.2) is 0 Å². The Bertz CT molecular complexity index is 1170. The summed E-state index contributed by atoms with van der Waals surface area (Å²) in [6.07, 6.45) is 5.78. The van der Waals surface area contributed by atoms with Crippen LogP contribution in [0.1, 0.15) is 69.2 Å². The molecule has 4 unspecified atom stereocenters. The Balaban J connectivity index is 1.37. The Hall–Kier alpha value is -2.84. The molecular weight excluding hydrogens is 498 g/mol. The normalized spacial score (nSPS) is 24.4. The van der Waals surface area contributed by atoms with Crippen LogP contribution in [0.3, 0.4) is 0 Å². The number of thiophene rings is 1. The first kappa shape index (κ1) is 26.8. The topological polar surface area (TPSA) is 95.6 Å². The summed E-state index contributed by atoms with van der Waals surface area (Å²) in [5.41, 5.74) is 1.50. The van der Waals surface area contributed by atoms with Gasteiger partial charge in [-0.15, -0.1) is 11.3 Å². The number of Topliss-reactive ketones (excluding diaryl/α,β-unsaturated/α-hetero) is 2. The maximum atomic E-state index is 14.1. The van der Waals surface area contributed by atoms with E-state index in [1.54, 1.807) is 28.4 Å². The Kier molecular flexibility index (Phi) is 8.09. The third-order valence-electron chi connectivity index (χ3n) is 8.22. The van der Waals surface area contributed by atoms with Crippen molar-refractivity contribution in [3.8, 4) is 10.4 Å². The maximum Gasteiger partial charge on any atom is 0.251 e. The van der Waals surface area contributed by atoms with E-state index in [0.29, 0.717) is 18.4 Å². The van der Waals surface area contributed by atoms with Crippen molar-refractivity contribution in [1.82, 2.24) is 15.5 Å². The fraction of sp³-hybridized carbons (Fsp3) is 0.533. The zero-order valence-corrected chi connectivity index (χ0v) is 23.0. The number of ketones is 2. The molecule has 2 N–H and O–H groups in total. The van der Waals surface area contributed by atoms with Gasteiger partial charge >= 0.3 is 0 Å². The summed E-state index contributed by atoms with van der Waals surface area (Å²) in [5.74, 6) is -0.543. The molecule has 202 valence electrons. The van der Waals surface area contributed by atoms with Crippen LogP contribution in [0, 0.1) is 11.8 Å². The van der Waals surface area contributed by atoms with E-state index >= 15 is 0 Å². The van der Waals surface area contributed by atoms with Gasteiger partial charge in [0.1, 0.15) is 12.1 Å². The number of carbonyl (C=O) groups is 4. The molecule has 3 fully saturated rings. The number of carbonyl (C=O) groups excluding carboxylic acids is 4. The lowest BCUT2D eigenvalue weighted by molar-refractivity contribution is -0.145. The van der Waals surface area contributed by atoms with Crippen molar-refractivity contribution in [3.63, 3.8) is 0 Å². The van der Waals surface area contributed by atoms with Crippen molar-refractivity contribution in [1.29, 1.82) is 0 Å². The fourth-order valence-electron chi connectivity index (χ4n) is 6.33. The average Bonchev–Trinajstić information content (AvgIpc) is 3.66. The number of hydrogen-bond donors (Lipinski definition) is 2. The molecule has 2 saturated heterocycles. The highest BCUT2D eigenvalue weighted by Crippen LogP contribution is 2.35. The zero-order chi connectivity index (χ0) is 26.8. The van der Waals surface area contributed by atoms with Gasteiger partial charge in [-0.05, 0) is 60.7 Å². The first-order chi connectivity index (χ1) is 18.3. The molecule has 0 radical (unpaired) electrons. The molecule has 2 amide bonds. The van der Waals surface area contributed by atoms with Crippen molar-refractivity contribution in [3.05, 3.63) is 47.3 Å². The summed E-state index contributed by atoms with van der Waals surface area (Å²) >= 11 is 1.64. The van der Waals surface area contributed by atoms with Crippen LogP contribution in [0.25, 0.3) is 10.4 Å². The molecule has 8 heteroatoms. The molecule has 0 spiro atoms. The minimum absolute atomic E-state index is 0.0546. The number of rotatable bonds is 8. The van der Waals surface area contributed by atoms with Crippen LogP contribution in [-0.4, -0.2) is 59.0 Å².